The number of amides is 1. The van der Waals surface area contributed by atoms with E-state index in [-0.39, 0.29) is 22.9 Å². The summed E-state index contributed by atoms with van der Waals surface area (Å²) in [6, 6.07) is 11.8. The Balaban J connectivity index is 1.81. The molecule has 0 saturated carbocycles. The first-order chi connectivity index (χ1) is 12.3. The maximum absolute atomic E-state index is 12.4. The lowest BCUT2D eigenvalue weighted by atomic mass is 10.2. The van der Waals surface area contributed by atoms with Gasteiger partial charge in [-0.3, -0.25) is 4.79 Å². The third kappa shape index (κ3) is 3.33. The fraction of sp³-hybridized carbons (Fsp3) is 0.222. The molecule has 0 aliphatic heterocycles. The van der Waals surface area contributed by atoms with Crippen LogP contribution in [0.15, 0.2) is 47.4 Å². The van der Waals surface area contributed by atoms with E-state index >= 15 is 0 Å². The monoisotopic (exact) mass is 372 g/mol. The van der Waals surface area contributed by atoms with Crippen molar-refractivity contribution in [3.63, 3.8) is 0 Å². The minimum atomic E-state index is -3.60. The number of para-hydroxylation sites is 1. The third-order valence-corrected chi connectivity index (χ3v) is 5.68. The third-order valence-electron chi connectivity index (χ3n) is 4.27. The van der Waals surface area contributed by atoms with Crippen molar-refractivity contribution >= 4 is 27.0 Å². The van der Waals surface area contributed by atoms with E-state index in [9.17, 15) is 13.2 Å². The van der Waals surface area contributed by atoms with Crippen molar-refractivity contribution in [1.29, 1.82) is 0 Å². The molecule has 0 unspecified atom stereocenters. The van der Waals surface area contributed by atoms with Gasteiger partial charge in [0.2, 0.25) is 10.0 Å². The maximum atomic E-state index is 12.4. The van der Waals surface area contributed by atoms with E-state index < -0.39 is 10.0 Å². The fourth-order valence-corrected chi connectivity index (χ4v) is 3.63. The molecule has 1 amide bonds. The number of sulfonamides is 1. The fourth-order valence-electron chi connectivity index (χ4n) is 2.86. The van der Waals surface area contributed by atoms with Gasteiger partial charge in [0.1, 0.15) is 5.82 Å². The Bertz CT molecular complexity index is 1090. The summed E-state index contributed by atoms with van der Waals surface area (Å²) in [6.45, 7) is 2.26. The van der Waals surface area contributed by atoms with E-state index in [1.54, 1.807) is 6.07 Å². The average Bonchev–Trinajstić information content (AvgIpc) is 2.97. The van der Waals surface area contributed by atoms with Crippen LogP contribution in [-0.2, 0) is 23.6 Å². The van der Waals surface area contributed by atoms with Gasteiger partial charge < -0.3 is 9.88 Å². The number of aromatic nitrogens is 2. The Hall–Kier alpha value is -2.71. The summed E-state index contributed by atoms with van der Waals surface area (Å²) in [5.74, 6) is 0.364. The highest BCUT2D eigenvalue weighted by atomic mass is 32.2. The summed E-state index contributed by atoms with van der Waals surface area (Å²) in [5.41, 5.74) is 3.29. The molecule has 0 fully saturated rings. The summed E-state index contributed by atoms with van der Waals surface area (Å²) in [6.07, 6.45) is 0. The highest BCUT2D eigenvalue weighted by molar-refractivity contribution is 7.89. The van der Waals surface area contributed by atoms with Gasteiger partial charge in [-0.05, 0) is 43.8 Å². The second-order valence-corrected chi connectivity index (χ2v) is 7.83. The first-order valence-corrected chi connectivity index (χ1v) is 9.54. The quantitative estimate of drug-likeness (QED) is 0.713. The van der Waals surface area contributed by atoms with Gasteiger partial charge in [-0.1, -0.05) is 18.2 Å². The zero-order chi connectivity index (χ0) is 18.9. The van der Waals surface area contributed by atoms with Crippen LogP contribution in [0.4, 0.5) is 0 Å². The van der Waals surface area contributed by atoms with E-state index in [0.29, 0.717) is 0 Å². The molecular weight excluding hydrogens is 352 g/mol. The largest absolute Gasteiger partial charge is 0.345 e. The van der Waals surface area contributed by atoms with Crippen LogP contribution >= 0.6 is 0 Å². The van der Waals surface area contributed by atoms with Gasteiger partial charge in [0.05, 0.1) is 22.5 Å². The van der Waals surface area contributed by atoms with Crippen LogP contribution < -0.4 is 10.0 Å². The smallest absolute Gasteiger partial charge is 0.251 e. The van der Waals surface area contributed by atoms with Crippen LogP contribution in [0.3, 0.4) is 0 Å². The Morgan fingerprint density at radius 1 is 1.19 bits per heavy atom. The molecule has 0 saturated heterocycles. The molecular formula is C18H20N4O3S. The average molecular weight is 372 g/mol. The number of aryl methyl sites for hydroxylation is 2. The predicted octanol–water partition coefficient (Wildman–Crippen LogP) is 1.72. The van der Waals surface area contributed by atoms with Crippen LogP contribution in [0.5, 0.6) is 0 Å². The Kier molecular flexibility index (Phi) is 4.80. The molecule has 1 aromatic heterocycles. The van der Waals surface area contributed by atoms with Gasteiger partial charge in [-0.15, -0.1) is 0 Å². The summed E-state index contributed by atoms with van der Waals surface area (Å²) >= 11 is 0. The van der Waals surface area contributed by atoms with E-state index in [4.69, 9.17) is 0 Å². The van der Waals surface area contributed by atoms with E-state index in [1.165, 1.54) is 25.2 Å². The SMILES string of the molecule is CNS(=O)(=O)c1cccc(C(=O)NCc2nc3cccc(C)c3n2C)c1. The van der Waals surface area contributed by atoms with Crippen LogP contribution in [0.25, 0.3) is 11.0 Å². The molecule has 0 radical (unpaired) electrons. The van der Waals surface area contributed by atoms with Crippen molar-refractivity contribution in [3.8, 4) is 0 Å². The number of nitrogens with zero attached hydrogens (tertiary/aromatic N) is 2. The van der Waals surface area contributed by atoms with E-state index in [0.717, 1.165) is 22.4 Å². The van der Waals surface area contributed by atoms with Gasteiger partial charge in [0.25, 0.3) is 5.91 Å². The maximum Gasteiger partial charge on any atom is 0.251 e. The summed E-state index contributed by atoms with van der Waals surface area (Å²) in [5, 5.41) is 2.80. The molecule has 0 aliphatic carbocycles. The van der Waals surface area contributed by atoms with Crippen molar-refractivity contribution in [2.45, 2.75) is 18.4 Å². The number of nitrogens with one attached hydrogen (secondary N) is 2. The lowest BCUT2D eigenvalue weighted by molar-refractivity contribution is 0.0949. The number of fused-ring (bicyclic) bond motifs is 1. The molecule has 8 heteroatoms. The number of rotatable bonds is 5. The number of carbonyl (C=O) groups excluding carboxylic acids is 1. The lowest BCUT2D eigenvalue weighted by Crippen LogP contribution is -2.25. The molecule has 1 heterocycles. The molecule has 2 aromatic carbocycles. The Morgan fingerprint density at radius 3 is 2.62 bits per heavy atom. The van der Waals surface area contributed by atoms with Crippen LogP contribution in [-0.4, -0.2) is 30.9 Å². The van der Waals surface area contributed by atoms with Crippen LogP contribution in [0, 0.1) is 6.92 Å². The first-order valence-electron chi connectivity index (χ1n) is 8.06. The molecule has 136 valence electrons. The number of hydrogen-bond donors (Lipinski definition) is 2. The zero-order valence-corrected chi connectivity index (χ0v) is 15.6. The van der Waals surface area contributed by atoms with Gasteiger partial charge in [-0.25, -0.2) is 18.1 Å². The molecule has 0 bridgehead atoms. The number of benzene rings is 2. The Morgan fingerprint density at radius 2 is 1.92 bits per heavy atom. The summed E-state index contributed by atoms with van der Waals surface area (Å²) in [7, 11) is -0.361. The predicted molar refractivity (Wildman–Crippen MR) is 99.3 cm³/mol. The first kappa shape index (κ1) is 18.1. The van der Waals surface area contributed by atoms with Gasteiger partial charge >= 0.3 is 0 Å². The van der Waals surface area contributed by atoms with Gasteiger partial charge in [0.15, 0.2) is 0 Å². The normalized spacial score (nSPS) is 11.7. The molecule has 0 atom stereocenters. The number of hydrogen-bond acceptors (Lipinski definition) is 4. The second-order valence-electron chi connectivity index (χ2n) is 5.95. The van der Waals surface area contributed by atoms with E-state index in [2.05, 4.69) is 15.0 Å². The number of carbonyl (C=O) groups is 1. The molecule has 0 aliphatic rings. The minimum absolute atomic E-state index is 0.0472. The molecule has 26 heavy (non-hydrogen) atoms. The standard InChI is InChI=1S/C18H20N4O3S/c1-12-6-4-9-15-17(12)22(3)16(21-15)11-20-18(23)13-7-5-8-14(10-13)26(24,25)19-2/h4-10,19H,11H2,1-3H3,(H,20,23). The van der Waals surface area contributed by atoms with E-state index in [1.807, 2.05) is 36.7 Å². The summed E-state index contributed by atoms with van der Waals surface area (Å²) < 4.78 is 27.9. The highest BCUT2D eigenvalue weighted by Gasteiger charge is 2.15. The zero-order valence-electron chi connectivity index (χ0n) is 14.8. The van der Waals surface area contributed by atoms with Crippen molar-refractivity contribution in [2.75, 3.05) is 7.05 Å². The van der Waals surface area contributed by atoms with Crippen molar-refractivity contribution in [3.05, 3.63) is 59.4 Å². The van der Waals surface area contributed by atoms with Crippen LogP contribution in [0.2, 0.25) is 0 Å². The Labute approximate surface area is 152 Å². The molecule has 7 nitrogen and oxygen atoms in total. The molecule has 3 rings (SSSR count). The number of imidazole rings is 1. The summed E-state index contributed by atoms with van der Waals surface area (Å²) in [4.78, 5) is 17.0. The van der Waals surface area contributed by atoms with Crippen molar-refractivity contribution < 1.29 is 13.2 Å². The highest BCUT2D eigenvalue weighted by Crippen LogP contribution is 2.18. The lowest BCUT2D eigenvalue weighted by Gasteiger charge is -2.08. The van der Waals surface area contributed by atoms with Crippen molar-refractivity contribution in [2.24, 2.45) is 7.05 Å². The van der Waals surface area contributed by atoms with Crippen molar-refractivity contribution in [1.82, 2.24) is 19.6 Å². The topological polar surface area (TPSA) is 93.1 Å². The van der Waals surface area contributed by atoms with Gasteiger partial charge in [-0.2, -0.15) is 0 Å². The molecule has 0 spiro atoms. The van der Waals surface area contributed by atoms with Gasteiger partial charge in [0, 0.05) is 12.6 Å². The minimum Gasteiger partial charge on any atom is -0.345 e. The second kappa shape index (κ2) is 6.89. The molecule has 3 aromatic rings. The molecule has 2 N–H and O–H groups in total. The van der Waals surface area contributed by atoms with Crippen LogP contribution in [0.1, 0.15) is 21.7 Å².